The molecule has 2 rings (SSSR count). The molecule has 1 aliphatic heterocycles. The number of aliphatic hydroxyl groups is 1. The summed E-state index contributed by atoms with van der Waals surface area (Å²) in [7, 11) is 0. The van der Waals surface area contributed by atoms with Crippen molar-refractivity contribution in [1.82, 2.24) is 4.90 Å². The smallest absolute Gasteiger partial charge is 0.387 e. The number of likely N-dealkylation sites (tertiary alicyclic amines) is 1. The maximum absolute atomic E-state index is 12.1. The molecular formula is C13H17F2NO2. The van der Waals surface area contributed by atoms with Gasteiger partial charge in [0.15, 0.2) is 0 Å². The Hall–Kier alpha value is -1.20. The maximum atomic E-state index is 12.1. The molecule has 100 valence electrons. The largest absolute Gasteiger partial charge is 0.435 e. The molecule has 1 saturated heterocycles. The molecule has 0 aromatic heterocycles. The lowest BCUT2D eigenvalue weighted by Gasteiger charge is -2.16. The first-order valence-corrected chi connectivity index (χ1v) is 6.04. The third-order valence-corrected chi connectivity index (χ3v) is 3.16. The number of aliphatic hydroxyl groups excluding tert-OH is 1. The molecule has 0 radical (unpaired) electrons. The van der Waals surface area contributed by atoms with E-state index in [0.717, 1.165) is 25.1 Å². The van der Waals surface area contributed by atoms with Crippen molar-refractivity contribution in [3.8, 4) is 5.75 Å². The van der Waals surface area contributed by atoms with Crippen LogP contribution >= 0.6 is 0 Å². The second-order valence-electron chi connectivity index (χ2n) is 4.60. The number of alkyl halides is 2. The summed E-state index contributed by atoms with van der Waals surface area (Å²) in [6, 6.07) is 6.77. The maximum Gasteiger partial charge on any atom is 0.387 e. The third-order valence-electron chi connectivity index (χ3n) is 3.16. The fourth-order valence-electron chi connectivity index (χ4n) is 2.28. The molecule has 1 aromatic carbocycles. The first kappa shape index (κ1) is 13.2. The van der Waals surface area contributed by atoms with Crippen LogP contribution < -0.4 is 4.74 Å². The van der Waals surface area contributed by atoms with Crippen molar-refractivity contribution in [3.63, 3.8) is 0 Å². The lowest BCUT2D eigenvalue weighted by atomic mass is 10.1. The summed E-state index contributed by atoms with van der Waals surface area (Å²) in [4.78, 5) is 2.21. The Morgan fingerprint density at radius 2 is 2.28 bits per heavy atom. The average Bonchev–Trinajstić information content (AvgIpc) is 2.76. The molecule has 5 heteroatoms. The lowest BCUT2D eigenvalue weighted by Crippen LogP contribution is -2.21. The fraction of sp³-hybridized carbons (Fsp3) is 0.538. The van der Waals surface area contributed by atoms with Crippen LogP contribution in [0.2, 0.25) is 0 Å². The van der Waals surface area contributed by atoms with E-state index in [4.69, 9.17) is 5.11 Å². The van der Waals surface area contributed by atoms with Crippen molar-refractivity contribution in [2.75, 3.05) is 19.7 Å². The number of hydrogen-bond acceptors (Lipinski definition) is 3. The Morgan fingerprint density at radius 1 is 1.44 bits per heavy atom. The second kappa shape index (κ2) is 6.11. The predicted octanol–water partition coefficient (Wildman–Crippen LogP) is 2.10. The number of ether oxygens (including phenoxy) is 1. The van der Waals surface area contributed by atoms with Gasteiger partial charge in [0.05, 0.1) is 0 Å². The first-order chi connectivity index (χ1) is 8.67. The molecule has 3 nitrogen and oxygen atoms in total. The van der Waals surface area contributed by atoms with E-state index in [1.54, 1.807) is 12.1 Å². The summed E-state index contributed by atoms with van der Waals surface area (Å²) >= 11 is 0. The minimum atomic E-state index is -2.79. The van der Waals surface area contributed by atoms with E-state index in [-0.39, 0.29) is 12.4 Å². The van der Waals surface area contributed by atoms with Crippen molar-refractivity contribution in [2.45, 2.75) is 19.6 Å². The van der Waals surface area contributed by atoms with Gasteiger partial charge in [-0.25, -0.2) is 0 Å². The van der Waals surface area contributed by atoms with Gasteiger partial charge in [-0.15, -0.1) is 0 Å². The number of rotatable bonds is 5. The van der Waals surface area contributed by atoms with Gasteiger partial charge in [-0.2, -0.15) is 8.78 Å². The molecule has 0 spiro atoms. The molecule has 1 aliphatic rings. The van der Waals surface area contributed by atoms with E-state index in [9.17, 15) is 8.78 Å². The van der Waals surface area contributed by atoms with Crippen LogP contribution in [-0.4, -0.2) is 36.3 Å². The summed E-state index contributed by atoms with van der Waals surface area (Å²) in [5, 5.41) is 9.06. The number of hydrogen-bond donors (Lipinski definition) is 1. The highest BCUT2D eigenvalue weighted by molar-refractivity contribution is 5.28. The van der Waals surface area contributed by atoms with E-state index in [1.165, 1.54) is 6.07 Å². The molecule has 0 aliphatic carbocycles. The predicted molar refractivity (Wildman–Crippen MR) is 63.5 cm³/mol. The lowest BCUT2D eigenvalue weighted by molar-refractivity contribution is -0.0499. The van der Waals surface area contributed by atoms with Gasteiger partial charge in [-0.1, -0.05) is 12.1 Å². The Balaban J connectivity index is 1.93. The topological polar surface area (TPSA) is 32.7 Å². The summed E-state index contributed by atoms with van der Waals surface area (Å²) in [5.74, 6) is 0.533. The molecule has 1 fully saturated rings. The standard InChI is InChI=1S/C13H17F2NO2/c14-13(15)18-12-3-1-2-10(6-12)7-16-5-4-11(8-16)9-17/h1-3,6,11,13,17H,4-5,7-9H2. The molecule has 18 heavy (non-hydrogen) atoms. The summed E-state index contributed by atoms with van der Waals surface area (Å²) in [6.45, 7) is -0.0744. The Morgan fingerprint density at radius 3 is 2.94 bits per heavy atom. The molecule has 0 amide bonds. The van der Waals surface area contributed by atoms with Gasteiger partial charge < -0.3 is 9.84 Å². The van der Waals surface area contributed by atoms with Crippen LogP contribution in [0.4, 0.5) is 8.78 Å². The molecule has 1 N–H and O–H groups in total. The van der Waals surface area contributed by atoms with Crippen molar-refractivity contribution in [2.24, 2.45) is 5.92 Å². The van der Waals surface area contributed by atoms with Gasteiger partial charge in [-0.05, 0) is 36.6 Å². The van der Waals surface area contributed by atoms with Crippen molar-refractivity contribution >= 4 is 0 Å². The minimum Gasteiger partial charge on any atom is -0.435 e. The Kier molecular flexibility index (Phi) is 4.49. The van der Waals surface area contributed by atoms with Gasteiger partial charge in [0.1, 0.15) is 5.75 Å². The van der Waals surface area contributed by atoms with E-state index in [1.807, 2.05) is 6.07 Å². The first-order valence-electron chi connectivity index (χ1n) is 6.04. The van der Waals surface area contributed by atoms with E-state index in [0.29, 0.717) is 12.5 Å². The molecule has 1 heterocycles. The normalized spacial score (nSPS) is 20.6. The van der Waals surface area contributed by atoms with Crippen molar-refractivity contribution in [1.29, 1.82) is 0 Å². The van der Waals surface area contributed by atoms with Crippen LogP contribution in [0.3, 0.4) is 0 Å². The van der Waals surface area contributed by atoms with Crippen molar-refractivity contribution in [3.05, 3.63) is 29.8 Å². The number of benzene rings is 1. The zero-order valence-corrected chi connectivity index (χ0v) is 10.1. The third kappa shape index (κ3) is 3.65. The molecule has 0 bridgehead atoms. The number of nitrogens with zero attached hydrogens (tertiary/aromatic N) is 1. The number of halogens is 2. The van der Waals surface area contributed by atoms with Gasteiger partial charge in [0, 0.05) is 19.7 Å². The quantitative estimate of drug-likeness (QED) is 0.876. The van der Waals surface area contributed by atoms with Gasteiger partial charge >= 0.3 is 6.61 Å². The molecule has 1 atom stereocenters. The molecule has 0 saturated carbocycles. The SMILES string of the molecule is OCC1CCN(Cc2cccc(OC(F)F)c2)C1. The van der Waals surface area contributed by atoms with E-state index in [2.05, 4.69) is 9.64 Å². The van der Waals surface area contributed by atoms with Crippen LogP contribution in [0.5, 0.6) is 5.75 Å². The highest BCUT2D eigenvalue weighted by Gasteiger charge is 2.21. The van der Waals surface area contributed by atoms with Crippen LogP contribution in [0.1, 0.15) is 12.0 Å². The minimum absolute atomic E-state index is 0.195. The van der Waals surface area contributed by atoms with Gasteiger partial charge in [-0.3, -0.25) is 4.90 Å². The van der Waals surface area contributed by atoms with Crippen LogP contribution in [0.25, 0.3) is 0 Å². The highest BCUT2D eigenvalue weighted by atomic mass is 19.3. The summed E-state index contributed by atoms with van der Waals surface area (Å²) < 4.78 is 28.6. The average molecular weight is 257 g/mol. The van der Waals surface area contributed by atoms with E-state index >= 15 is 0 Å². The van der Waals surface area contributed by atoms with Crippen LogP contribution in [0.15, 0.2) is 24.3 Å². The Labute approximate surface area is 105 Å². The zero-order valence-electron chi connectivity index (χ0n) is 10.1. The Bertz CT molecular complexity index is 387. The van der Waals surface area contributed by atoms with Gasteiger partial charge in [0.25, 0.3) is 0 Å². The fourth-order valence-corrected chi connectivity index (χ4v) is 2.28. The zero-order chi connectivity index (χ0) is 13.0. The summed E-state index contributed by atoms with van der Waals surface area (Å²) in [5.41, 5.74) is 0.951. The monoisotopic (exact) mass is 257 g/mol. The summed E-state index contributed by atoms with van der Waals surface area (Å²) in [6.07, 6.45) is 0.990. The van der Waals surface area contributed by atoms with Gasteiger partial charge in [0.2, 0.25) is 0 Å². The molecule has 1 unspecified atom stereocenters. The second-order valence-corrected chi connectivity index (χ2v) is 4.60. The molecular weight excluding hydrogens is 240 g/mol. The van der Waals surface area contributed by atoms with Crippen LogP contribution in [0, 0.1) is 5.92 Å². The van der Waals surface area contributed by atoms with Crippen LogP contribution in [-0.2, 0) is 6.54 Å². The highest BCUT2D eigenvalue weighted by Crippen LogP contribution is 2.21. The molecule has 1 aromatic rings. The van der Waals surface area contributed by atoms with E-state index < -0.39 is 6.61 Å². The van der Waals surface area contributed by atoms with Crippen molar-refractivity contribution < 1.29 is 18.6 Å².